The molecule has 1 rings (SSSR count). The molecule has 1 aliphatic carbocycles. The predicted molar refractivity (Wildman–Crippen MR) is 43.1 cm³/mol. The quantitative estimate of drug-likeness (QED) is 0.588. The Morgan fingerprint density at radius 1 is 1.40 bits per heavy atom. The molecular weight excluding hydrogens is 124 g/mol. The number of rotatable bonds is 3. The first-order valence-corrected chi connectivity index (χ1v) is 4.32. The zero-order chi connectivity index (χ0) is 7.61. The van der Waals surface area contributed by atoms with Gasteiger partial charge in [-0.2, -0.15) is 0 Å². The lowest BCUT2D eigenvalue weighted by molar-refractivity contribution is -0.103. The van der Waals surface area contributed by atoms with Gasteiger partial charge in [0.2, 0.25) is 0 Å². The van der Waals surface area contributed by atoms with Gasteiger partial charge in [0, 0.05) is 0 Å². The Balaban J connectivity index is 2.21. The molecule has 0 N–H and O–H groups in total. The standard InChI is InChI=1S/C9H18O/c1-4-9(2,3)10-8-6-5-7-8/h8H,4-7H2,1-3H3. The first-order chi connectivity index (χ1) is 4.64. The molecule has 1 heteroatoms. The van der Waals surface area contributed by atoms with Gasteiger partial charge in [-0.25, -0.2) is 0 Å². The topological polar surface area (TPSA) is 9.23 Å². The first kappa shape index (κ1) is 8.06. The lowest BCUT2D eigenvalue weighted by atomic mass is 9.94. The van der Waals surface area contributed by atoms with Crippen molar-refractivity contribution in [1.29, 1.82) is 0 Å². The molecule has 10 heavy (non-hydrogen) atoms. The van der Waals surface area contributed by atoms with Gasteiger partial charge >= 0.3 is 0 Å². The van der Waals surface area contributed by atoms with Crippen LogP contribution in [0.25, 0.3) is 0 Å². The van der Waals surface area contributed by atoms with Gasteiger partial charge in [-0.3, -0.25) is 0 Å². The van der Waals surface area contributed by atoms with E-state index in [1.165, 1.54) is 19.3 Å². The van der Waals surface area contributed by atoms with Crippen LogP contribution >= 0.6 is 0 Å². The molecule has 0 heterocycles. The minimum atomic E-state index is 0.116. The Hall–Kier alpha value is -0.0400. The molecule has 0 atom stereocenters. The van der Waals surface area contributed by atoms with Crippen molar-refractivity contribution in [3.8, 4) is 0 Å². The summed E-state index contributed by atoms with van der Waals surface area (Å²) in [6.07, 6.45) is 5.62. The highest BCUT2D eigenvalue weighted by Gasteiger charge is 2.25. The van der Waals surface area contributed by atoms with E-state index in [2.05, 4.69) is 20.8 Å². The molecule has 1 fully saturated rings. The average Bonchev–Trinajstić information content (AvgIpc) is 1.80. The molecular formula is C9H18O. The Morgan fingerprint density at radius 2 is 2.00 bits per heavy atom. The smallest absolute Gasteiger partial charge is 0.0627 e. The van der Waals surface area contributed by atoms with E-state index in [4.69, 9.17) is 4.74 Å². The Labute approximate surface area is 63.8 Å². The Kier molecular flexibility index (Phi) is 2.35. The van der Waals surface area contributed by atoms with Crippen molar-refractivity contribution in [1.82, 2.24) is 0 Å². The summed E-state index contributed by atoms with van der Waals surface area (Å²) in [7, 11) is 0. The predicted octanol–water partition coefficient (Wildman–Crippen LogP) is 2.74. The maximum absolute atomic E-state index is 5.82. The molecule has 0 saturated heterocycles. The van der Waals surface area contributed by atoms with Gasteiger partial charge in [-0.05, 0) is 39.5 Å². The van der Waals surface area contributed by atoms with Crippen LogP contribution in [-0.2, 0) is 4.74 Å². The van der Waals surface area contributed by atoms with Gasteiger partial charge in [0.15, 0.2) is 0 Å². The van der Waals surface area contributed by atoms with Crippen LogP contribution in [-0.4, -0.2) is 11.7 Å². The fourth-order valence-electron chi connectivity index (χ4n) is 1.02. The third-order valence-corrected chi connectivity index (χ3v) is 2.39. The van der Waals surface area contributed by atoms with Crippen LogP contribution in [0.1, 0.15) is 46.5 Å². The van der Waals surface area contributed by atoms with E-state index in [-0.39, 0.29) is 5.60 Å². The molecule has 0 aliphatic heterocycles. The highest BCUT2D eigenvalue weighted by atomic mass is 16.5. The second kappa shape index (κ2) is 2.91. The van der Waals surface area contributed by atoms with E-state index >= 15 is 0 Å². The van der Waals surface area contributed by atoms with Crippen molar-refractivity contribution < 1.29 is 4.74 Å². The zero-order valence-corrected chi connectivity index (χ0v) is 7.31. The van der Waals surface area contributed by atoms with Crippen molar-refractivity contribution in [2.45, 2.75) is 58.2 Å². The van der Waals surface area contributed by atoms with Gasteiger partial charge in [-0.1, -0.05) is 6.92 Å². The summed E-state index contributed by atoms with van der Waals surface area (Å²) in [5.74, 6) is 0. The van der Waals surface area contributed by atoms with Crippen LogP contribution in [0.2, 0.25) is 0 Å². The molecule has 60 valence electrons. The summed E-state index contributed by atoms with van der Waals surface area (Å²) in [6, 6.07) is 0. The summed E-state index contributed by atoms with van der Waals surface area (Å²) >= 11 is 0. The van der Waals surface area contributed by atoms with Crippen LogP contribution in [0.5, 0.6) is 0 Å². The first-order valence-electron chi connectivity index (χ1n) is 4.32. The third kappa shape index (κ3) is 1.98. The maximum atomic E-state index is 5.82. The van der Waals surface area contributed by atoms with Crippen molar-refractivity contribution in [3.63, 3.8) is 0 Å². The monoisotopic (exact) mass is 142 g/mol. The summed E-state index contributed by atoms with van der Waals surface area (Å²) in [5.41, 5.74) is 0.116. The molecule has 0 bridgehead atoms. The van der Waals surface area contributed by atoms with Crippen LogP contribution in [0.4, 0.5) is 0 Å². The van der Waals surface area contributed by atoms with E-state index in [9.17, 15) is 0 Å². The van der Waals surface area contributed by atoms with Gasteiger partial charge in [0.05, 0.1) is 11.7 Å². The second-order valence-electron chi connectivity index (χ2n) is 3.78. The maximum Gasteiger partial charge on any atom is 0.0627 e. The minimum absolute atomic E-state index is 0.116. The minimum Gasteiger partial charge on any atom is -0.372 e. The summed E-state index contributed by atoms with van der Waals surface area (Å²) in [5, 5.41) is 0. The Bertz CT molecular complexity index is 103. The van der Waals surface area contributed by atoms with Crippen LogP contribution in [0.3, 0.4) is 0 Å². The molecule has 0 aromatic heterocycles. The van der Waals surface area contributed by atoms with Crippen molar-refractivity contribution in [2.75, 3.05) is 0 Å². The highest BCUT2D eigenvalue weighted by Crippen LogP contribution is 2.28. The SMILES string of the molecule is CCC(C)(C)OC1CCC1. The summed E-state index contributed by atoms with van der Waals surface area (Å²) in [4.78, 5) is 0. The second-order valence-corrected chi connectivity index (χ2v) is 3.78. The van der Waals surface area contributed by atoms with E-state index in [0.717, 1.165) is 6.42 Å². The lowest BCUT2D eigenvalue weighted by Gasteiger charge is -2.34. The number of hydrogen-bond donors (Lipinski definition) is 0. The fraction of sp³-hybridized carbons (Fsp3) is 1.00. The molecule has 1 saturated carbocycles. The summed E-state index contributed by atoms with van der Waals surface area (Å²) in [6.45, 7) is 6.52. The normalized spacial score (nSPS) is 20.7. The van der Waals surface area contributed by atoms with Gasteiger partial charge < -0.3 is 4.74 Å². The molecule has 0 spiro atoms. The van der Waals surface area contributed by atoms with Crippen LogP contribution in [0, 0.1) is 0 Å². The molecule has 0 unspecified atom stereocenters. The Morgan fingerprint density at radius 3 is 2.30 bits per heavy atom. The van der Waals surface area contributed by atoms with Crippen molar-refractivity contribution in [2.24, 2.45) is 0 Å². The third-order valence-electron chi connectivity index (χ3n) is 2.39. The largest absolute Gasteiger partial charge is 0.372 e. The molecule has 1 aliphatic rings. The lowest BCUT2D eigenvalue weighted by Crippen LogP contribution is -2.33. The van der Waals surface area contributed by atoms with Crippen molar-refractivity contribution >= 4 is 0 Å². The number of ether oxygens (including phenoxy) is 1. The van der Waals surface area contributed by atoms with E-state index in [1.807, 2.05) is 0 Å². The van der Waals surface area contributed by atoms with Gasteiger partial charge in [-0.15, -0.1) is 0 Å². The van der Waals surface area contributed by atoms with E-state index in [0.29, 0.717) is 6.10 Å². The van der Waals surface area contributed by atoms with Crippen molar-refractivity contribution in [3.05, 3.63) is 0 Å². The average molecular weight is 142 g/mol. The number of hydrogen-bond acceptors (Lipinski definition) is 1. The van der Waals surface area contributed by atoms with Gasteiger partial charge in [0.25, 0.3) is 0 Å². The molecule has 1 nitrogen and oxygen atoms in total. The zero-order valence-electron chi connectivity index (χ0n) is 7.31. The van der Waals surface area contributed by atoms with E-state index in [1.54, 1.807) is 0 Å². The molecule has 0 aromatic rings. The molecule has 0 aromatic carbocycles. The van der Waals surface area contributed by atoms with Gasteiger partial charge in [0.1, 0.15) is 0 Å². The summed E-state index contributed by atoms with van der Waals surface area (Å²) < 4.78 is 5.82. The van der Waals surface area contributed by atoms with Crippen LogP contribution in [0.15, 0.2) is 0 Å². The van der Waals surface area contributed by atoms with Crippen LogP contribution < -0.4 is 0 Å². The molecule has 0 radical (unpaired) electrons. The molecule has 0 amide bonds. The van der Waals surface area contributed by atoms with E-state index < -0.39 is 0 Å². The fourth-order valence-corrected chi connectivity index (χ4v) is 1.02. The highest BCUT2D eigenvalue weighted by molar-refractivity contribution is 4.75.